The molecule has 4 N–H and O–H groups in total. The van der Waals surface area contributed by atoms with E-state index in [1.807, 2.05) is 0 Å². The number of aromatic amines is 1. The summed E-state index contributed by atoms with van der Waals surface area (Å²) in [6.45, 7) is 0. The molecule has 3 rings (SSSR count). The number of benzene rings is 1. The van der Waals surface area contributed by atoms with Gasteiger partial charge in [-0.15, -0.1) is 0 Å². The Morgan fingerprint density at radius 1 is 1.36 bits per heavy atom. The molecule has 132 valence electrons. The zero-order valence-electron chi connectivity index (χ0n) is 12.7. The summed E-state index contributed by atoms with van der Waals surface area (Å²) in [6.07, 6.45) is -2.09. The van der Waals surface area contributed by atoms with Crippen molar-refractivity contribution < 1.29 is 22.4 Å². The topological polar surface area (TPSA) is 98.9 Å². The van der Waals surface area contributed by atoms with Crippen molar-refractivity contribution in [3.63, 3.8) is 0 Å². The van der Waals surface area contributed by atoms with E-state index in [1.165, 1.54) is 6.20 Å². The van der Waals surface area contributed by atoms with Gasteiger partial charge in [0.2, 0.25) is 0 Å². The smallest absolute Gasteiger partial charge is 0.369 e. The number of guanidine groups is 1. The first kappa shape index (κ1) is 16.9. The van der Waals surface area contributed by atoms with Crippen LogP contribution in [-0.4, -0.2) is 22.1 Å². The Hall–Kier alpha value is -2.91. The largest absolute Gasteiger partial charge is 0.418 e. The minimum absolute atomic E-state index is 0.0372. The third kappa shape index (κ3) is 3.19. The number of halogens is 4. The molecule has 1 aromatic carbocycles. The summed E-state index contributed by atoms with van der Waals surface area (Å²) in [5, 5.41) is 14.0. The zero-order chi connectivity index (χ0) is 18.4. The standard InChI is InChI=1S/C15H13F4N5O/c16-8-3-4-11(10(5-8)15(17,18)19)24(14(20)21)13(25)9-6-22-23-12(9)7-1-2-7/h3-7H,1-2H2,(H3,20,21)(H,22,23). The van der Waals surface area contributed by atoms with Crippen LogP contribution in [0.4, 0.5) is 23.2 Å². The van der Waals surface area contributed by atoms with Crippen molar-refractivity contribution in [3.8, 4) is 0 Å². The number of hydrogen-bond acceptors (Lipinski definition) is 3. The quantitative estimate of drug-likeness (QED) is 0.448. The molecule has 0 saturated heterocycles. The summed E-state index contributed by atoms with van der Waals surface area (Å²) >= 11 is 0. The molecule has 1 saturated carbocycles. The Balaban J connectivity index is 2.10. The maximum Gasteiger partial charge on any atom is 0.418 e. The molecule has 1 aliphatic rings. The van der Waals surface area contributed by atoms with E-state index < -0.39 is 35.1 Å². The number of H-pyrrole nitrogens is 1. The average Bonchev–Trinajstić information content (AvgIpc) is 3.24. The molecule has 2 aromatic rings. The van der Waals surface area contributed by atoms with Crippen molar-refractivity contribution in [3.05, 3.63) is 47.0 Å². The minimum Gasteiger partial charge on any atom is -0.369 e. The van der Waals surface area contributed by atoms with Crippen LogP contribution < -0.4 is 10.6 Å². The van der Waals surface area contributed by atoms with E-state index in [9.17, 15) is 22.4 Å². The van der Waals surface area contributed by atoms with Crippen molar-refractivity contribution in [1.29, 1.82) is 5.41 Å². The van der Waals surface area contributed by atoms with Gasteiger partial charge in [-0.05, 0) is 31.0 Å². The van der Waals surface area contributed by atoms with Crippen LogP contribution in [0, 0.1) is 11.2 Å². The van der Waals surface area contributed by atoms with Crippen molar-refractivity contribution in [2.75, 3.05) is 4.90 Å². The Labute approximate surface area is 139 Å². The van der Waals surface area contributed by atoms with Gasteiger partial charge in [-0.1, -0.05) is 0 Å². The molecule has 1 aromatic heterocycles. The van der Waals surface area contributed by atoms with Gasteiger partial charge in [0.15, 0.2) is 5.96 Å². The number of alkyl halides is 3. The molecule has 0 aliphatic heterocycles. The maximum absolute atomic E-state index is 13.3. The van der Waals surface area contributed by atoms with Crippen molar-refractivity contribution in [2.24, 2.45) is 5.73 Å². The normalized spacial score (nSPS) is 14.4. The third-order valence-corrected chi connectivity index (χ3v) is 3.83. The highest BCUT2D eigenvalue weighted by Crippen LogP contribution is 2.42. The van der Waals surface area contributed by atoms with E-state index >= 15 is 0 Å². The number of amides is 1. The van der Waals surface area contributed by atoms with E-state index in [4.69, 9.17) is 11.1 Å². The molecule has 10 heteroatoms. The zero-order valence-corrected chi connectivity index (χ0v) is 12.7. The molecule has 1 fully saturated rings. The van der Waals surface area contributed by atoms with E-state index in [0.717, 1.165) is 25.0 Å². The molecule has 1 aliphatic carbocycles. The fourth-order valence-corrected chi connectivity index (χ4v) is 2.55. The molecule has 1 amide bonds. The molecule has 0 spiro atoms. The predicted molar refractivity (Wildman–Crippen MR) is 80.7 cm³/mol. The molecule has 0 radical (unpaired) electrons. The van der Waals surface area contributed by atoms with E-state index in [1.54, 1.807) is 0 Å². The Morgan fingerprint density at radius 2 is 2.04 bits per heavy atom. The highest BCUT2D eigenvalue weighted by atomic mass is 19.4. The lowest BCUT2D eigenvalue weighted by Crippen LogP contribution is -2.42. The van der Waals surface area contributed by atoms with Crippen molar-refractivity contribution in [1.82, 2.24) is 10.2 Å². The maximum atomic E-state index is 13.3. The lowest BCUT2D eigenvalue weighted by atomic mass is 10.1. The molecule has 0 unspecified atom stereocenters. The number of carbonyl (C=O) groups is 1. The van der Waals surface area contributed by atoms with Crippen LogP contribution >= 0.6 is 0 Å². The summed E-state index contributed by atoms with van der Waals surface area (Å²) in [4.78, 5) is 13.2. The van der Waals surface area contributed by atoms with Crippen LogP contribution in [0.2, 0.25) is 0 Å². The minimum atomic E-state index is -4.93. The highest BCUT2D eigenvalue weighted by molar-refractivity contribution is 6.21. The Kier molecular flexibility index (Phi) is 3.97. The third-order valence-electron chi connectivity index (χ3n) is 3.83. The van der Waals surface area contributed by atoms with Crippen molar-refractivity contribution in [2.45, 2.75) is 24.9 Å². The highest BCUT2D eigenvalue weighted by Gasteiger charge is 2.39. The lowest BCUT2D eigenvalue weighted by Gasteiger charge is -2.24. The summed E-state index contributed by atoms with van der Waals surface area (Å²) < 4.78 is 53.0. The van der Waals surface area contributed by atoms with Crippen LogP contribution in [0.25, 0.3) is 0 Å². The van der Waals surface area contributed by atoms with Gasteiger partial charge >= 0.3 is 6.18 Å². The number of rotatable bonds is 3. The van der Waals surface area contributed by atoms with Gasteiger partial charge in [-0.25, -0.2) is 9.29 Å². The molecule has 25 heavy (non-hydrogen) atoms. The number of nitrogens with zero attached hydrogens (tertiary/aromatic N) is 2. The second kappa shape index (κ2) is 5.87. The molecule has 0 bridgehead atoms. The predicted octanol–water partition coefficient (Wildman–Crippen LogP) is 2.99. The van der Waals surface area contributed by atoms with Gasteiger partial charge < -0.3 is 5.73 Å². The molecule has 6 nitrogen and oxygen atoms in total. The molecule has 0 atom stereocenters. The average molecular weight is 355 g/mol. The van der Waals surface area contributed by atoms with Gasteiger partial charge in [0.05, 0.1) is 28.7 Å². The summed E-state index contributed by atoms with van der Waals surface area (Å²) in [7, 11) is 0. The van der Waals surface area contributed by atoms with Gasteiger partial charge in [-0.2, -0.15) is 18.3 Å². The van der Waals surface area contributed by atoms with E-state index in [2.05, 4.69) is 10.2 Å². The van der Waals surface area contributed by atoms with E-state index in [0.29, 0.717) is 10.6 Å². The fraction of sp³-hybridized carbons (Fsp3) is 0.267. The number of nitrogens with one attached hydrogen (secondary N) is 2. The molecular formula is C15H13F4N5O. The van der Waals surface area contributed by atoms with Crippen LogP contribution in [0.3, 0.4) is 0 Å². The first-order chi connectivity index (χ1) is 11.7. The first-order valence-electron chi connectivity index (χ1n) is 7.28. The second-order valence-electron chi connectivity index (χ2n) is 5.66. The van der Waals surface area contributed by atoms with Crippen LogP contribution in [0.1, 0.15) is 40.4 Å². The van der Waals surface area contributed by atoms with Crippen LogP contribution in [0.15, 0.2) is 24.4 Å². The Bertz CT molecular complexity index is 841. The Morgan fingerprint density at radius 3 is 2.60 bits per heavy atom. The number of carbonyl (C=O) groups excluding carboxylic acids is 1. The summed E-state index contributed by atoms with van der Waals surface area (Å²) in [5.41, 5.74) is 3.78. The fourth-order valence-electron chi connectivity index (χ4n) is 2.55. The van der Waals surface area contributed by atoms with Crippen LogP contribution in [0.5, 0.6) is 0 Å². The van der Waals surface area contributed by atoms with Crippen LogP contribution in [-0.2, 0) is 6.18 Å². The van der Waals surface area contributed by atoms with Gasteiger partial charge in [0.25, 0.3) is 5.91 Å². The SMILES string of the molecule is N=C(N)N(C(=O)c1cn[nH]c1C1CC1)c1ccc(F)cc1C(F)(F)F. The van der Waals surface area contributed by atoms with Gasteiger partial charge in [0.1, 0.15) is 5.82 Å². The molecular weight excluding hydrogens is 342 g/mol. The summed E-state index contributed by atoms with van der Waals surface area (Å²) in [6, 6.07) is 1.80. The van der Waals surface area contributed by atoms with Crippen molar-refractivity contribution >= 4 is 17.6 Å². The number of anilines is 1. The van der Waals surface area contributed by atoms with E-state index in [-0.39, 0.29) is 17.5 Å². The lowest BCUT2D eigenvalue weighted by molar-refractivity contribution is -0.137. The van der Waals surface area contributed by atoms with Gasteiger partial charge in [-0.3, -0.25) is 15.3 Å². The monoisotopic (exact) mass is 355 g/mol. The molecule has 1 heterocycles. The number of hydrogen-bond donors (Lipinski definition) is 3. The first-order valence-corrected chi connectivity index (χ1v) is 7.28. The van der Waals surface area contributed by atoms with Gasteiger partial charge in [0, 0.05) is 5.92 Å². The number of aromatic nitrogens is 2. The second-order valence-corrected chi connectivity index (χ2v) is 5.66. The number of nitrogens with two attached hydrogens (primary N) is 1. The summed E-state index contributed by atoms with van der Waals surface area (Å²) in [5.74, 6) is -2.88.